The summed E-state index contributed by atoms with van der Waals surface area (Å²) in [4.78, 5) is 7.02. The zero-order valence-corrected chi connectivity index (χ0v) is 14.8. The highest BCUT2D eigenvalue weighted by molar-refractivity contribution is 7.92. The molecule has 0 spiro atoms. The monoisotopic (exact) mass is 362 g/mol. The second kappa shape index (κ2) is 6.71. The lowest BCUT2D eigenvalue weighted by Crippen LogP contribution is -2.32. The van der Waals surface area contributed by atoms with E-state index in [4.69, 9.17) is 0 Å². The van der Waals surface area contributed by atoms with Gasteiger partial charge in [0.1, 0.15) is 5.82 Å². The van der Waals surface area contributed by atoms with Crippen LogP contribution >= 0.6 is 0 Å². The highest BCUT2D eigenvalue weighted by Crippen LogP contribution is 2.24. The Morgan fingerprint density at radius 2 is 2.17 bits per heavy atom. The molecule has 10 heteroatoms. The minimum Gasteiger partial charge on any atom is -0.347 e. The van der Waals surface area contributed by atoms with E-state index < -0.39 is 20.0 Å². The Hall–Kier alpha value is -1.23. The standard InChI is InChI=1S/C13H22N4O4S2/c1-4-22(18,19)15-7-11-5-6-17(9-11)23(20,21)12-8-14-13(16-12)10(2)3/h4,8,10-11,15H,1,5-7,9H2,2-3H3,(H,14,16)/t11-/m1/s1. The summed E-state index contributed by atoms with van der Waals surface area (Å²) >= 11 is 0. The van der Waals surface area contributed by atoms with Crippen molar-refractivity contribution in [2.24, 2.45) is 5.92 Å². The van der Waals surface area contributed by atoms with Crippen LogP contribution in [0.1, 0.15) is 32.0 Å². The highest BCUT2D eigenvalue weighted by Gasteiger charge is 2.34. The van der Waals surface area contributed by atoms with Crippen molar-refractivity contribution >= 4 is 20.0 Å². The van der Waals surface area contributed by atoms with Crippen molar-refractivity contribution in [3.63, 3.8) is 0 Å². The van der Waals surface area contributed by atoms with E-state index in [1.807, 2.05) is 13.8 Å². The first-order valence-corrected chi connectivity index (χ1v) is 10.3. The van der Waals surface area contributed by atoms with Crippen molar-refractivity contribution < 1.29 is 16.8 Å². The van der Waals surface area contributed by atoms with Crippen molar-refractivity contribution in [2.75, 3.05) is 19.6 Å². The van der Waals surface area contributed by atoms with Crippen LogP contribution in [0.2, 0.25) is 0 Å². The maximum Gasteiger partial charge on any atom is 0.262 e. The van der Waals surface area contributed by atoms with Gasteiger partial charge in [-0.1, -0.05) is 20.4 Å². The lowest BCUT2D eigenvalue weighted by atomic mass is 10.1. The summed E-state index contributed by atoms with van der Waals surface area (Å²) in [6.07, 6.45) is 2.00. The Labute approximate surface area is 137 Å². The van der Waals surface area contributed by atoms with Crippen LogP contribution in [0.3, 0.4) is 0 Å². The predicted molar refractivity (Wildman–Crippen MR) is 86.7 cm³/mol. The van der Waals surface area contributed by atoms with Crippen LogP contribution in [0.25, 0.3) is 0 Å². The first-order valence-electron chi connectivity index (χ1n) is 7.33. The fourth-order valence-electron chi connectivity index (χ4n) is 2.35. The summed E-state index contributed by atoms with van der Waals surface area (Å²) in [5, 5.41) is 0.849. The van der Waals surface area contributed by atoms with Gasteiger partial charge in [0, 0.05) is 37.2 Å². The molecule has 1 aliphatic heterocycles. The van der Waals surface area contributed by atoms with Gasteiger partial charge >= 0.3 is 0 Å². The average molecular weight is 362 g/mol. The van der Waals surface area contributed by atoms with Crippen LogP contribution in [0.5, 0.6) is 0 Å². The second-order valence-corrected chi connectivity index (χ2v) is 9.45. The van der Waals surface area contributed by atoms with Crippen LogP contribution in [0.15, 0.2) is 23.2 Å². The molecule has 1 aromatic heterocycles. The molecule has 2 N–H and O–H groups in total. The summed E-state index contributed by atoms with van der Waals surface area (Å²) < 4.78 is 51.6. The molecular formula is C13H22N4O4S2. The van der Waals surface area contributed by atoms with Crippen molar-refractivity contribution in [1.29, 1.82) is 0 Å². The fraction of sp³-hybridized carbons (Fsp3) is 0.615. The van der Waals surface area contributed by atoms with Gasteiger partial charge in [0.2, 0.25) is 10.0 Å². The highest BCUT2D eigenvalue weighted by atomic mass is 32.2. The third kappa shape index (κ3) is 4.19. The molecule has 0 aliphatic carbocycles. The van der Waals surface area contributed by atoms with E-state index in [2.05, 4.69) is 21.3 Å². The SMILES string of the molecule is C=CS(=O)(=O)NC[C@H]1CCN(S(=O)(=O)c2c[nH]c(C(C)C)n2)C1. The van der Waals surface area contributed by atoms with Gasteiger partial charge < -0.3 is 4.98 Å². The number of sulfonamides is 2. The Morgan fingerprint density at radius 3 is 2.74 bits per heavy atom. The number of imidazole rings is 1. The van der Waals surface area contributed by atoms with Crippen molar-refractivity contribution in [3.05, 3.63) is 24.0 Å². The van der Waals surface area contributed by atoms with E-state index >= 15 is 0 Å². The Morgan fingerprint density at radius 1 is 1.48 bits per heavy atom. The third-order valence-electron chi connectivity index (χ3n) is 3.77. The average Bonchev–Trinajstić information content (AvgIpc) is 3.15. The molecule has 0 aromatic carbocycles. The van der Waals surface area contributed by atoms with E-state index in [9.17, 15) is 16.8 Å². The second-order valence-electron chi connectivity index (χ2n) is 5.86. The molecule has 1 atom stereocenters. The molecule has 1 aliphatic rings. The number of aromatic amines is 1. The number of nitrogens with one attached hydrogen (secondary N) is 2. The Kier molecular flexibility index (Phi) is 5.29. The van der Waals surface area contributed by atoms with E-state index in [1.54, 1.807) is 0 Å². The number of hydrogen-bond donors (Lipinski definition) is 2. The van der Waals surface area contributed by atoms with Gasteiger partial charge in [0.05, 0.1) is 0 Å². The van der Waals surface area contributed by atoms with Gasteiger partial charge in [-0.15, -0.1) is 0 Å². The molecule has 1 fully saturated rings. The van der Waals surface area contributed by atoms with Crippen molar-refractivity contribution in [2.45, 2.75) is 31.2 Å². The molecule has 130 valence electrons. The fourth-order valence-corrected chi connectivity index (χ4v) is 4.38. The molecule has 23 heavy (non-hydrogen) atoms. The molecule has 0 amide bonds. The summed E-state index contributed by atoms with van der Waals surface area (Å²) in [6, 6.07) is 0. The van der Waals surface area contributed by atoms with Crippen molar-refractivity contribution in [3.8, 4) is 0 Å². The van der Waals surface area contributed by atoms with Gasteiger partial charge in [-0.2, -0.15) is 4.31 Å². The minimum atomic E-state index is -3.65. The van der Waals surface area contributed by atoms with Gasteiger partial charge in [-0.05, 0) is 12.3 Å². The molecule has 2 heterocycles. The summed E-state index contributed by atoms with van der Waals surface area (Å²) in [5.41, 5.74) is 0. The molecule has 0 unspecified atom stereocenters. The molecular weight excluding hydrogens is 340 g/mol. The number of hydrogen-bond acceptors (Lipinski definition) is 5. The van der Waals surface area contributed by atoms with Crippen LogP contribution in [-0.4, -0.2) is 50.7 Å². The van der Waals surface area contributed by atoms with Crippen LogP contribution in [0.4, 0.5) is 0 Å². The van der Waals surface area contributed by atoms with Crippen LogP contribution in [0, 0.1) is 5.92 Å². The maximum atomic E-state index is 12.6. The Balaban J connectivity index is 2.03. The zero-order valence-electron chi connectivity index (χ0n) is 13.2. The molecule has 0 saturated carbocycles. The van der Waals surface area contributed by atoms with E-state index in [0.717, 1.165) is 5.41 Å². The van der Waals surface area contributed by atoms with Gasteiger partial charge in [-0.3, -0.25) is 0 Å². The topological polar surface area (TPSA) is 112 Å². The van der Waals surface area contributed by atoms with Crippen LogP contribution < -0.4 is 4.72 Å². The van der Waals surface area contributed by atoms with Gasteiger partial charge in [0.25, 0.3) is 10.0 Å². The van der Waals surface area contributed by atoms with E-state index in [0.29, 0.717) is 18.8 Å². The predicted octanol–water partition coefficient (Wildman–Crippen LogP) is 0.607. The molecule has 0 bridgehead atoms. The summed E-state index contributed by atoms with van der Waals surface area (Å²) in [6.45, 7) is 7.88. The van der Waals surface area contributed by atoms with Crippen LogP contribution in [-0.2, 0) is 20.0 Å². The van der Waals surface area contributed by atoms with Crippen molar-refractivity contribution in [1.82, 2.24) is 19.0 Å². The number of rotatable bonds is 7. The maximum absolute atomic E-state index is 12.6. The normalized spacial score (nSPS) is 20.2. The van der Waals surface area contributed by atoms with E-state index in [1.165, 1.54) is 10.5 Å². The Bertz CT molecular complexity index is 768. The van der Waals surface area contributed by atoms with Gasteiger partial charge in [-0.25, -0.2) is 26.5 Å². The molecule has 1 aromatic rings. The quantitative estimate of drug-likeness (QED) is 0.738. The lowest BCUT2D eigenvalue weighted by Gasteiger charge is -2.15. The first kappa shape index (κ1) is 18.1. The largest absolute Gasteiger partial charge is 0.347 e. The third-order valence-corrected chi connectivity index (χ3v) is 6.52. The number of nitrogens with zero attached hydrogens (tertiary/aromatic N) is 2. The smallest absolute Gasteiger partial charge is 0.262 e. The van der Waals surface area contributed by atoms with Gasteiger partial charge in [0.15, 0.2) is 5.03 Å². The first-order chi connectivity index (χ1) is 10.7. The lowest BCUT2D eigenvalue weighted by molar-refractivity contribution is 0.452. The van der Waals surface area contributed by atoms with E-state index in [-0.39, 0.29) is 30.0 Å². The number of aromatic nitrogens is 2. The summed E-state index contributed by atoms with van der Waals surface area (Å²) in [7, 11) is -7.14. The molecule has 2 rings (SSSR count). The minimum absolute atomic E-state index is 0.00789. The zero-order chi connectivity index (χ0) is 17.3. The molecule has 8 nitrogen and oxygen atoms in total. The molecule has 1 saturated heterocycles. The molecule has 0 radical (unpaired) electrons. The summed E-state index contributed by atoms with van der Waals surface area (Å²) in [5.74, 6) is 0.666. The number of H-pyrrole nitrogens is 1.